The largest absolute Gasteiger partial charge is 0.392 e. The standard InChI is InChI=1S/C15H23N3O2/c1-12(19)11-16-15(20)13-7-6-8-14(17-13)18-9-4-2-3-5-10-18/h6-8,12,19H,2-5,9-11H2,1H3,(H,16,20). The third-order valence-electron chi connectivity index (χ3n) is 3.46. The molecule has 5 heteroatoms. The summed E-state index contributed by atoms with van der Waals surface area (Å²) < 4.78 is 0. The Morgan fingerprint density at radius 2 is 2.05 bits per heavy atom. The van der Waals surface area contributed by atoms with Gasteiger partial charge >= 0.3 is 0 Å². The normalized spacial score (nSPS) is 17.4. The molecule has 1 saturated heterocycles. The van der Waals surface area contributed by atoms with Crippen molar-refractivity contribution in [2.24, 2.45) is 0 Å². The number of aliphatic hydroxyl groups is 1. The van der Waals surface area contributed by atoms with Crippen LogP contribution in [0.15, 0.2) is 18.2 Å². The van der Waals surface area contributed by atoms with E-state index in [4.69, 9.17) is 0 Å². The summed E-state index contributed by atoms with van der Waals surface area (Å²) in [5, 5.41) is 11.9. The van der Waals surface area contributed by atoms with Gasteiger partial charge in [-0.25, -0.2) is 4.98 Å². The predicted molar refractivity (Wildman–Crippen MR) is 78.9 cm³/mol. The molecule has 1 atom stereocenters. The Labute approximate surface area is 120 Å². The predicted octanol–water partition coefficient (Wildman–Crippen LogP) is 1.57. The highest BCUT2D eigenvalue weighted by Gasteiger charge is 2.14. The first-order chi connectivity index (χ1) is 9.66. The lowest BCUT2D eigenvalue weighted by atomic mass is 10.2. The van der Waals surface area contributed by atoms with Crippen molar-refractivity contribution in [1.82, 2.24) is 10.3 Å². The van der Waals surface area contributed by atoms with Crippen LogP contribution in [0.4, 0.5) is 5.82 Å². The van der Waals surface area contributed by atoms with Crippen LogP contribution in [0, 0.1) is 0 Å². The van der Waals surface area contributed by atoms with Crippen molar-refractivity contribution in [3.63, 3.8) is 0 Å². The Morgan fingerprint density at radius 1 is 1.35 bits per heavy atom. The number of hydrogen-bond acceptors (Lipinski definition) is 4. The zero-order valence-electron chi connectivity index (χ0n) is 12.0. The fourth-order valence-electron chi connectivity index (χ4n) is 2.36. The van der Waals surface area contributed by atoms with Crippen molar-refractivity contribution in [2.45, 2.75) is 38.7 Å². The molecule has 5 nitrogen and oxygen atoms in total. The molecule has 1 amide bonds. The Kier molecular flexibility index (Phi) is 5.35. The van der Waals surface area contributed by atoms with Crippen molar-refractivity contribution in [1.29, 1.82) is 0 Å². The van der Waals surface area contributed by atoms with Crippen LogP contribution in [0.3, 0.4) is 0 Å². The monoisotopic (exact) mass is 277 g/mol. The molecule has 110 valence electrons. The van der Waals surface area contributed by atoms with Crippen molar-refractivity contribution < 1.29 is 9.90 Å². The molecular weight excluding hydrogens is 254 g/mol. The number of carbonyl (C=O) groups excluding carboxylic acids is 1. The third kappa shape index (κ3) is 4.20. The molecule has 1 aromatic rings. The van der Waals surface area contributed by atoms with Gasteiger partial charge in [0.15, 0.2) is 0 Å². The van der Waals surface area contributed by atoms with Gasteiger partial charge in [0.25, 0.3) is 5.91 Å². The molecule has 2 N–H and O–H groups in total. The quantitative estimate of drug-likeness (QED) is 0.877. The minimum atomic E-state index is -0.548. The summed E-state index contributed by atoms with van der Waals surface area (Å²) in [7, 11) is 0. The molecule has 0 aliphatic carbocycles. The highest BCUT2D eigenvalue weighted by atomic mass is 16.3. The maximum atomic E-state index is 11.9. The molecule has 0 spiro atoms. The molecular formula is C15H23N3O2. The van der Waals surface area contributed by atoms with Crippen LogP contribution < -0.4 is 10.2 Å². The SMILES string of the molecule is CC(O)CNC(=O)c1cccc(N2CCCCCC2)n1. The second kappa shape index (κ2) is 7.24. The van der Waals surface area contributed by atoms with Crippen LogP contribution in [-0.4, -0.2) is 41.7 Å². The molecule has 0 bridgehead atoms. The number of hydrogen-bond donors (Lipinski definition) is 2. The lowest BCUT2D eigenvalue weighted by Gasteiger charge is -2.21. The van der Waals surface area contributed by atoms with E-state index >= 15 is 0 Å². The number of rotatable bonds is 4. The number of pyridine rings is 1. The van der Waals surface area contributed by atoms with Gasteiger partial charge in [-0.3, -0.25) is 4.79 Å². The van der Waals surface area contributed by atoms with Crippen LogP contribution in [0.5, 0.6) is 0 Å². The Bertz CT molecular complexity index is 440. The first-order valence-electron chi connectivity index (χ1n) is 7.35. The molecule has 1 fully saturated rings. The number of amides is 1. The summed E-state index contributed by atoms with van der Waals surface area (Å²) in [5.74, 6) is 0.638. The molecule has 2 heterocycles. The van der Waals surface area contributed by atoms with Gasteiger partial charge in [0, 0.05) is 19.6 Å². The average Bonchev–Trinajstić information content (AvgIpc) is 2.74. The van der Waals surface area contributed by atoms with E-state index < -0.39 is 6.10 Å². The summed E-state index contributed by atoms with van der Waals surface area (Å²) in [6.07, 6.45) is 4.35. The molecule has 2 rings (SSSR count). The molecule has 1 aliphatic heterocycles. The smallest absolute Gasteiger partial charge is 0.270 e. The second-order valence-electron chi connectivity index (χ2n) is 5.34. The molecule has 1 aromatic heterocycles. The van der Waals surface area contributed by atoms with Gasteiger partial charge in [0.1, 0.15) is 11.5 Å². The van der Waals surface area contributed by atoms with Crippen LogP contribution in [0.2, 0.25) is 0 Å². The van der Waals surface area contributed by atoms with Crippen molar-refractivity contribution >= 4 is 11.7 Å². The minimum Gasteiger partial charge on any atom is -0.392 e. The van der Waals surface area contributed by atoms with E-state index in [0.29, 0.717) is 5.69 Å². The van der Waals surface area contributed by atoms with Gasteiger partial charge in [0.05, 0.1) is 6.10 Å². The fraction of sp³-hybridized carbons (Fsp3) is 0.600. The number of anilines is 1. The van der Waals surface area contributed by atoms with Gasteiger partial charge in [0.2, 0.25) is 0 Å². The summed E-state index contributed by atoms with van der Waals surface area (Å²) in [4.78, 5) is 18.6. The van der Waals surface area contributed by atoms with E-state index in [0.717, 1.165) is 18.9 Å². The first-order valence-corrected chi connectivity index (χ1v) is 7.35. The zero-order valence-corrected chi connectivity index (χ0v) is 12.0. The van der Waals surface area contributed by atoms with Crippen molar-refractivity contribution in [3.8, 4) is 0 Å². The van der Waals surface area contributed by atoms with Crippen LogP contribution in [-0.2, 0) is 0 Å². The number of aromatic nitrogens is 1. The Balaban J connectivity index is 2.04. The van der Waals surface area contributed by atoms with Gasteiger partial charge in [-0.15, -0.1) is 0 Å². The second-order valence-corrected chi connectivity index (χ2v) is 5.34. The molecule has 0 saturated carbocycles. The first kappa shape index (κ1) is 14.8. The van der Waals surface area contributed by atoms with E-state index in [2.05, 4.69) is 15.2 Å². The van der Waals surface area contributed by atoms with E-state index in [1.54, 1.807) is 13.0 Å². The topological polar surface area (TPSA) is 65.5 Å². The maximum absolute atomic E-state index is 11.9. The number of nitrogens with zero attached hydrogens (tertiary/aromatic N) is 2. The Hall–Kier alpha value is -1.62. The number of carbonyl (C=O) groups is 1. The minimum absolute atomic E-state index is 0.234. The number of nitrogens with one attached hydrogen (secondary N) is 1. The van der Waals surface area contributed by atoms with Crippen LogP contribution in [0.25, 0.3) is 0 Å². The molecule has 20 heavy (non-hydrogen) atoms. The fourth-order valence-corrected chi connectivity index (χ4v) is 2.36. The third-order valence-corrected chi connectivity index (χ3v) is 3.46. The van der Waals surface area contributed by atoms with Gasteiger partial charge in [-0.05, 0) is 31.9 Å². The molecule has 0 aromatic carbocycles. The zero-order chi connectivity index (χ0) is 14.4. The van der Waals surface area contributed by atoms with E-state index in [1.165, 1.54) is 25.7 Å². The highest BCUT2D eigenvalue weighted by Crippen LogP contribution is 2.17. The lowest BCUT2D eigenvalue weighted by Crippen LogP contribution is -2.32. The molecule has 0 radical (unpaired) electrons. The van der Waals surface area contributed by atoms with E-state index in [9.17, 15) is 9.90 Å². The Morgan fingerprint density at radius 3 is 2.70 bits per heavy atom. The van der Waals surface area contributed by atoms with Crippen molar-refractivity contribution in [3.05, 3.63) is 23.9 Å². The highest BCUT2D eigenvalue weighted by molar-refractivity contribution is 5.92. The summed E-state index contributed by atoms with van der Waals surface area (Å²) in [6.45, 7) is 3.90. The number of aliphatic hydroxyl groups excluding tert-OH is 1. The van der Waals surface area contributed by atoms with E-state index in [-0.39, 0.29) is 12.5 Å². The summed E-state index contributed by atoms with van der Waals surface area (Å²) >= 11 is 0. The van der Waals surface area contributed by atoms with E-state index in [1.807, 2.05) is 12.1 Å². The van der Waals surface area contributed by atoms with Gasteiger partial charge < -0.3 is 15.3 Å². The van der Waals surface area contributed by atoms with Crippen LogP contribution >= 0.6 is 0 Å². The average molecular weight is 277 g/mol. The van der Waals surface area contributed by atoms with Crippen LogP contribution in [0.1, 0.15) is 43.1 Å². The molecule has 1 unspecified atom stereocenters. The summed E-state index contributed by atoms with van der Waals surface area (Å²) in [5.41, 5.74) is 0.410. The van der Waals surface area contributed by atoms with Gasteiger partial charge in [-0.1, -0.05) is 18.9 Å². The maximum Gasteiger partial charge on any atom is 0.270 e. The lowest BCUT2D eigenvalue weighted by molar-refractivity contribution is 0.0919. The van der Waals surface area contributed by atoms with Gasteiger partial charge in [-0.2, -0.15) is 0 Å². The summed E-state index contributed by atoms with van der Waals surface area (Å²) in [6, 6.07) is 5.53. The van der Waals surface area contributed by atoms with Crippen molar-refractivity contribution in [2.75, 3.05) is 24.5 Å². The molecule has 1 aliphatic rings.